The molecular weight excluding hydrogens is 234 g/mol. The van der Waals surface area contributed by atoms with Gasteiger partial charge in [-0.1, -0.05) is 30.3 Å². The predicted molar refractivity (Wildman–Crippen MR) is 79.2 cm³/mol. The van der Waals surface area contributed by atoms with Crippen LogP contribution in [0.4, 0.5) is 0 Å². The molecule has 3 heteroatoms. The number of nitrogens with one attached hydrogen (secondary N) is 1. The molecule has 1 aromatic carbocycles. The quantitative estimate of drug-likeness (QED) is 0.888. The molecule has 2 unspecified atom stereocenters. The fourth-order valence-corrected chi connectivity index (χ4v) is 3.39. The van der Waals surface area contributed by atoms with Crippen molar-refractivity contribution in [3.63, 3.8) is 0 Å². The van der Waals surface area contributed by atoms with Crippen LogP contribution in [0, 0.1) is 0 Å². The molecule has 0 aliphatic carbocycles. The van der Waals surface area contributed by atoms with Crippen LogP contribution in [-0.2, 0) is 6.54 Å². The Hall–Kier alpha value is -0.900. The van der Waals surface area contributed by atoms with Crippen LogP contribution in [0.2, 0.25) is 0 Å². The molecule has 19 heavy (non-hydrogen) atoms. The standard InChI is InChI=1S/C16H25N3/c1-14-11-19(10-8-17-14)16-7-9-18(13-16)12-15-5-3-2-4-6-15/h2-6,14,16-17H,7-13H2,1H3. The molecule has 0 radical (unpaired) electrons. The summed E-state index contributed by atoms with van der Waals surface area (Å²) in [4.78, 5) is 5.29. The molecule has 104 valence electrons. The Labute approximate surface area is 116 Å². The lowest BCUT2D eigenvalue weighted by Gasteiger charge is -2.36. The summed E-state index contributed by atoms with van der Waals surface area (Å²) in [6.45, 7) is 9.47. The van der Waals surface area contributed by atoms with Gasteiger partial charge in [-0.15, -0.1) is 0 Å². The van der Waals surface area contributed by atoms with E-state index in [0.29, 0.717) is 6.04 Å². The van der Waals surface area contributed by atoms with Crippen molar-refractivity contribution in [2.75, 3.05) is 32.7 Å². The maximum Gasteiger partial charge on any atom is 0.0236 e. The normalized spacial score (nSPS) is 29.7. The van der Waals surface area contributed by atoms with Gasteiger partial charge < -0.3 is 5.32 Å². The monoisotopic (exact) mass is 259 g/mol. The first-order valence-electron chi connectivity index (χ1n) is 7.55. The number of likely N-dealkylation sites (tertiary alicyclic amines) is 1. The van der Waals surface area contributed by atoms with Gasteiger partial charge in [0.25, 0.3) is 0 Å². The van der Waals surface area contributed by atoms with Crippen molar-refractivity contribution in [2.45, 2.75) is 32.0 Å². The molecule has 1 aromatic rings. The first kappa shape index (κ1) is 13.1. The third kappa shape index (κ3) is 3.35. The highest BCUT2D eigenvalue weighted by atomic mass is 15.3. The third-order valence-electron chi connectivity index (χ3n) is 4.41. The number of benzene rings is 1. The molecule has 0 bridgehead atoms. The lowest BCUT2D eigenvalue weighted by molar-refractivity contribution is 0.147. The molecule has 0 saturated carbocycles. The number of hydrogen-bond acceptors (Lipinski definition) is 3. The molecule has 0 spiro atoms. The van der Waals surface area contributed by atoms with E-state index in [1.165, 1.54) is 38.2 Å². The summed E-state index contributed by atoms with van der Waals surface area (Å²) >= 11 is 0. The second-order valence-electron chi connectivity index (χ2n) is 6.01. The molecule has 3 nitrogen and oxygen atoms in total. The van der Waals surface area contributed by atoms with Gasteiger partial charge in [0, 0.05) is 51.4 Å². The second kappa shape index (κ2) is 6.04. The number of rotatable bonds is 3. The largest absolute Gasteiger partial charge is 0.312 e. The summed E-state index contributed by atoms with van der Waals surface area (Å²) in [7, 11) is 0. The van der Waals surface area contributed by atoms with Crippen LogP contribution in [0.25, 0.3) is 0 Å². The van der Waals surface area contributed by atoms with Gasteiger partial charge in [0.15, 0.2) is 0 Å². The van der Waals surface area contributed by atoms with Gasteiger partial charge in [0.2, 0.25) is 0 Å². The smallest absolute Gasteiger partial charge is 0.0236 e. The Balaban J connectivity index is 1.52. The van der Waals surface area contributed by atoms with Gasteiger partial charge in [-0.3, -0.25) is 9.80 Å². The highest BCUT2D eigenvalue weighted by Gasteiger charge is 2.29. The lowest BCUT2D eigenvalue weighted by atomic mass is 10.1. The number of piperazine rings is 1. The molecule has 0 aromatic heterocycles. The minimum Gasteiger partial charge on any atom is -0.312 e. The molecule has 2 fully saturated rings. The van der Waals surface area contributed by atoms with E-state index in [1.807, 2.05) is 0 Å². The van der Waals surface area contributed by atoms with Gasteiger partial charge in [-0.05, 0) is 18.9 Å². The fraction of sp³-hybridized carbons (Fsp3) is 0.625. The van der Waals surface area contributed by atoms with E-state index < -0.39 is 0 Å². The molecule has 2 aliphatic heterocycles. The van der Waals surface area contributed by atoms with Gasteiger partial charge in [0.1, 0.15) is 0 Å². The van der Waals surface area contributed by atoms with Gasteiger partial charge >= 0.3 is 0 Å². The summed E-state index contributed by atoms with van der Waals surface area (Å²) in [5.74, 6) is 0. The minimum absolute atomic E-state index is 0.650. The summed E-state index contributed by atoms with van der Waals surface area (Å²) in [5, 5.41) is 3.53. The molecule has 2 atom stereocenters. The van der Waals surface area contributed by atoms with Crippen LogP contribution >= 0.6 is 0 Å². The molecule has 1 N–H and O–H groups in total. The van der Waals surface area contributed by atoms with Crippen LogP contribution in [0.3, 0.4) is 0 Å². The highest BCUT2D eigenvalue weighted by molar-refractivity contribution is 5.14. The first-order valence-corrected chi connectivity index (χ1v) is 7.55. The maximum atomic E-state index is 3.53. The van der Waals surface area contributed by atoms with E-state index in [9.17, 15) is 0 Å². The molecule has 2 heterocycles. The molecule has 0 amide bonds. The Morgan fingerprint density at radius 1 is 1.16 bits per heavy atom. The minimum atomic E-state index is 0.650. The SMILES string of the molecule is CC1CN(C2CCN(Cc3ccccc3)C2)CCN1. The zero-order valence-corrected chi connectivity index (χ0v) is 11.9. The average Bonchev–Trinajstić information content (AvgIpc) is 2.88. The maximum absolute atomic E-state index is 3.53. The van der Waals surface area contributed by atoms with Crippen molar-refractivity contribution in [1.29, 1.82) is 0 Å². The van der Waals surface area contributed by atoms with Crippen molar-refractivity contribution < 1.29 is 0 Å². The highest BCUT2D eigenvalue weighted by Crippen LogP contribution is 2.19. The number of hydrogen-bond donors (Lipinski definition) is 1. The average molecular weight is 259 g/mol. The van der Waals surface area contributed by atoms with Crippen LogP contribution in [-0.4, -0.2) is 54.6 Å². The first-order chi connectivity index (χ1) is 9.31. The van der Waals surface area contributed by atoms with Crippen LogP contribution in [0.1, 0.15) is 18.9 Å². The fourth-order valence-electron chi connectivity index (χ4n) is 3.39. The van der Waals surface area contributed by atoms with Crippen molar-refractivity contribution in [3.05, 3.63) is 35.9 Å². The van der Waals surface area contributed by atoms with Crippen LogP contribution < -0.4 is 5.32 Å². The van der Waals surface area contributed by atoms with E-state index in [1.54, 1.807) is 0 Å². The van der Waals surface area contributed by atoms with Crippen molar-refractivity contribution in [3.8, 4) is 0 Å². The summed E-state index contributed by atoms with van der Waals surface area (Å²) < 4.78 is 0. The molecule has 2 aliphatic rings. The zero-order chi connectivity index (χ0) is 13.1. The molecular formula is C16H25N3. The topological polar surface area (TPSA) is 18.5 Å². The summed E-state index contributed by atoms with van der Waals surface area (Å²) in [6.07, 6.45) is 1.33. The van der Waals surface area contributed by atoms with E-state index in [4.69, 9.17) is 0 Å². The predicted octanol–water partition coefficient (Wildman–Crippen LogP) is 1.55. The lowest BCUT2D eigenvalue weighted by Crippen LogP contribution is -2.53. The Kier molecular flexibility index (Phi) is 4.16. The second-order valence-corrected chi connectivity index (χ2v) is 6.01. The molecule has 2 saturated heterocycles. The summed E-state index contributed by atoms with van der Waals surface area (Å²) in [5.41, 5.74) is 1.44. The van der Waals surface area contributed by atoms with Gasteiger partial charge in [-0.2, -0.15) is 0 Å². The van der Waals surface area contributed by atoms with Crippen LogP contribution in [0.15, 0.2) is 30.3 Å². The Morgan fingerprint density at radius 2 is 2.00 bits per heavy atom. The zero-order valence-electron chi connectivity index (χ0n) is 11.9. The van der Waals surface area contributed by atoms with Crippen LogP contribution in [0.5, 0.6) is 0 Å². The summed E-state index contributed by atoms with van der Waals surface area (Å²) in [6, 6.07) is 12.3. The molecule has 3 rings (SSSR count). The van der Waals surface area contributed by atoms with Crippen molar-refractivity contribution in [1.82, 2.24) is 15.1 Å². The van der Waals surface area contributed by atoms with E-state index in [-0.39, 0.29) is 0 Å². The van der Waals surface area contributed by atoms with Crippen molar-refractivity contribution >= 4 is 0 Å². The Bertz CT molecular complexity index is 392. The van der Waals surface area contributed by atoms with Crippen molar-refractivity contribution in [2.24, 2.45) is 0 Å². The van der Waals surface area contributed by atoms with E-state index in [2.05, 4.69) is 52.4 Å². The third-order valence-corrected chi connectivity index (χ3v) is 4.41. The van der Waals surface area contributed by atoms with Gasteiger partial charge in [-0.25, -0.2) is 0 Å². The Morgan fingerprint density at radius 3 is 2.79 bits per heavy atom. The number of nitrogens with zero attached hydrogens (tertiary/aromatic N) is 2. The van der Waals surface area contributed by atoms with E-state index >= 15 is 0 Å². The van der Waals surface area contributed by atoms with Gasteiger partial charge in [0.05, 0.1) is 0 Å². The van der Waals surface area contributed by atoms with E-state index in [0.717, 1.165) is 19.1 Å².